The zero-order valence-corrected chi connectivity index (χ0v) is 8.23. The molecule has 0 unspecified atom stereocenters. The molecule has 0 fully saturated rings. The normalized spacial score (nSPS) is 8.93. The summed E-state index contributed by atoms with van der Waals surface area (Å²) in [5, 5.41) is 8.39. The number of anilines is 1. The van der Waals surface area contributed by atoms with E-state index < -0.39 is 0 Å². The number of nitrogens with zero attached hydrogens (tertiary/aromatic N) is 2. The molecule has 1 aromatic rings. The van der Waals surface area contributed by atoms with E-state index in [1.165, 1.54) is 13.2 Å². The molecule has 80 valence electrons. The molecule has 0 radical (unpaired) electrons. The zero-order valence-electron chi connectivity index (χ0n) is 8.23. The predicted octanol–water partition coefficient (Wildman–Crippen LogP) is -0.558. The number of hydrogen-bond donors (Lipinski definition) is 2. The first-order chi connectivity index (χ1) is 7.26. The minimum atomic E-state index is -0.196. The van der Waals surface area contributed by atoms with Crippen molar-refractivity contribution in [2.24, 2.45) is 0 Å². The minimum absolute atomic E-state index is 0.125. The van der Waals surface area contributed by atoms with Crippen LogP contribution in [0, 0.1) is 11.8 Å². The summed E-state index contributed by atoms with van der Waals surface area (Å²) in [6.45, 7) is -0.0707. The van der Waals surface area contributed by atoms with Gasteiger partial charge in [-0.05, 0) is 0 Å². The van der Waals surface area contributed by atoms with Gasteiger partial charge in [0.1, 0.15) is 12.4 Å². The maximum atomic E-state index is 8.39. The SMILES string of the molecule is COc1nc(N)cc(OCC#CCO)n1. The van der Waals surface area contributed by atoms with Gasteiger partial charge in [0.15, 0.2) is 6.61 Å². The van der Waals surface area contributed by atoms with Crippen LogP contribution in [-0.2, 0) is 0 Å². The number of methoxy groups -OCH3 is 1. The average Bonchev–Trinajstić information content (AvgIpc) is 2.23. The standard InChI is InChI=1S/C9H11N3O3/c1-14-9-11-7(10)6-8(12-9)15-5-3-2-4-13/h6,13H,4-5H2,1H3,(H2,10,11,12). The van der Waals surface area contributed by atoms with Crippen molar-refractivity contribution in [2.75, 3.05) is 26.1 Å². The highest BCUT2D eigenvalue weighted by Crippen LogP contribution is 2.14. The topological polar surface area (TPSA) is 90.5 Å². The Labute approximate surface area is 87.1 Å². The van der Waals surface area contributed by atoms with E-state index in [4.69, 9.17) is 20.3 Å². The van der Waals surface area contributed by atoms with Gasteiger partial charge in [0, 0.05) is 6.07 Å². The van der Waals surface area contributed by atoms with Crippen LogP contribution in [0.2, 0.25) is 0 Å². The molecule has 0 atom stereocenters. The number of hydrogen-bond acceptors (Lipinski definition) is 6. The third-order valence-corrected chi connectivity index (χ3v) is 1.38. The van der Waals surface area contributed by atoms with Crippen molar-refractivity contribution < 1.29 is 14.6 Å². The van der Waals surface area contributed by atoms with Gasteiger partial charge in [-0.15, -0.1) is 0 Å². The third kappa shape index (κ3) is 3.70. The Kier molecular flexibility index (Phi) is 4.19. The third-order valence-electron chi connectivity index (χ3n) is 1.38. The summed E-state index contributed by atoms with van der Waals surface area (Å²) in [4.78, 5) is 7.67. The van der Waals surface area contributed by atoms with Gasteiger partial charge in [0.05, 0.1) is 7.11 Å². The lowest BCUT2D eigenvalue weighted by Gasteiger charge is -2.03. The summed E-state index contributed by atoms with van der Waals surface area (Å²) in [6.07, 6.45) is 0. The Hall–Kier alpha value is -2.00. The van der Waals surface area contributed by atoms with Crippen molar-refractivity contribution in [3.63, 3.8) is 0 Å². The molecule has 0 aliphatic rings. The van der Waals surface area contributed by atoms with Crippen molar-refractivity contribution in [1.29, 1.82) is 0 Å². The Bertz CT molecular complexity index is 384. The van der Waals surface area contributed by atoms with Gasteiger partial charge in [-0.25, -0.2) is 0 Å². The molecule has 6 heteroatoms. The highest BCUT2D eigenvalue weighted by molar-refractivity contribution is 5.34. The molecule has 0 aliphatic heterocycles. The lowest BCUT2D eigenvalue weighted by molar-refractivity contribution is 0.330. The summed E-state index contributed by atoms with van der Waals surface area (Å²) in [5.74, 6) is 5.55. The summed E-state index contributed by atoms with van der Waals surface area (Å²) >= 11 is 0. The summed E-state index contributed by atoms with van der Waals surface area (Å²) in [7, 11) is 1.43. The van der Waals surface area contributed by atoms with Crippen LogP contribution in [0.3, 0.4) is 0 Å². The van der Waals surface area contributed by atoms with E-state index >= 15 is 0 Å². The Morgan fingerprint density at radius 2 is 2.27 bits per heavy atom. The molecule has 1 heterocycles. The van der Waals surface area contributed by atoms with Crippen molar-refractivity contribution in [2.45, 2.75) is 0 Å². The Morgan fingerprint density at radius 1 is 1.47 bits per heavy atom. The number of ether oxygens (including phenoxy) is 2. The van der Waals surface area contributed by atoms with Gasteiger partial charge < -0.3 is 20.3 Å². The smallest absolute Gasteiger partial charge is 0.321 e. The summed E-state index contributed by atoms with van der Waals surface area (Å²) in [6, 6.07) is 1.60. The number of aliphatic hydroxyl groups excluding tert-OH is 1. The van der Waals surface area contributed by atoms with E-state index in [1.54, 1.807) is 0 Å². The van der Waals surface area contributed by atoms with Crippen LogP contribution in [0.1, 0.15) is 0 Å². The molecule has 3 N–H and O–H groups in total. The molecule has 1 rings (SSSR count). The fourth-order valence-electron chi connectivity index (χ4n) is 0.803. The van der Waals surface area contributed by atoms with Crippen LogP contribution in [0.4, 0.5) is 5.82 Å². The first kappa shape index (κ1) is 11.1. The minimum Gasteiger partial charge on any atom is -0.467 e. The first-order valence-electron chi connectivity index (χ1n) is 4.14. The summed E-state index contributed by atoms with van der Waals surface area (Å²) < 4.78 is 9.94. The highest BCUT2D eigenvalue weighted by Gasteiger charge is 2.02. The summed E-state index contributed by atoms with van der Waals surface area (Å²) in [5.41, 5.74) is 5.48. The second-order valence-corrected chi connectivity index (χ2v) is 2.42. The van der Waals surface area contributed by atoms with E-state index in [0.29, 0.717) is 0 Å². The van der Waals surface area contributed by atoms with Crippen molar-refractivity contribution in [3.8, 4) is 23.7 Å². The molecular formula is C9H11N3O3. The zero-order chi connectivity index (χ0) is 11.1. The fourth-order valence-corrected chi connectivity index (χ4v) is 0.803. The van der Waals surface area contributed by atoms with Crippen LogP contribution in [0.15, 0.2) is 6.07 Å². The molecule has 0 aromatic carbocycles. The van der Waals surface area contributed by atoms with Gasteiger partial charge in [-0.1, -0.05) is 11.8 Å². The monoisotopic (exact) mass is 209 g/mol. The molecule has 0 saturated carbocycles. The fraction of sp³-hybridized carbons (Fsp3) is 0.333. The van der Waals surface area contributed by atoms with Gasteiger partial charge in [0.2, 0.25) is 5.88 Å². The molecule has 0 bridgehead atoms. The maximum Gasteiger partial charge on any atom is 0.321 e. The number of nitrogens with two attached hydrogens (primary N) is 1. The van der Waals surface area contributed by atoms with Gasteiger partial charge in [-0.2, -0.15) is 9.97 Å². The van der Waals surface area contributed by atoms with Crippen LogP contribution in [0.5, 0.6) is 11.9 Å². The van der Waals surface area contributed by atoms with E-state index in [0.717, 1.165) is 0 Å². The van der Waals surface area contributed by atoms with Crippen molar-refractivity contribution >= 4 is 5.82 Å². The lowest BCUT2D eigenvalue weighted by atomic mass is 10.5. The number of rotatable bonds is 3. The van der Waals surface area contributed by atoms with E-state index in [-0.39, 0.29) is 30.9 Å². The number of nitrogen functional groups attached to an aromatic ring is 1. The largest absolute Gasteiger partial charge is 0.467 e. The molecule has 1 aromatic heterocycles. The molecule has 0 amide bonds. The van der Waals surface area contributed by atoms with Crippen LogP contribution in [0.25, 0.3) is 0 Å². The lowest BCUT2D eigenvalue weighted by Crippen LogP contribution is -2.02. The number of aliphatic hydroxyl groups is 1. The second kappa shape index (κ2) is 5.67. The predicted molar refractivity (Wildman–Crippen MR) is 53.4 cm³/mol. The molecule has 0 saturated heterocycles. The van der Waals surface area contributed by atoms with E-state index in [9.17, 15) is 0 Å². The van der Waals surface area contributed by atoms with Crippen LogP contribution < -0.4 is 15.2 Å². The van der Waals surface area contributed by atoms with Gasteiger partial charge in [-0.3, -0.25) is 0 Å². The highest BCUT2D eigenvalue weighted by atomic mass is 16.5. The second-order valence-electron chi connectivity index (χ2n) is 2.42. The van der Waals surface area contributed by atoms with Gasteiger partial charge >= 0.3 is 6.01 Å². The average molecular weight is 209 g/mol. The number of aromatic nitrogens is 2. The van der Waals surface area contributed by atoms with E-state index in [2.05, 4.69) is 21.8 Å². The molecule has 15 heavy (non-hydrogen) atoms. The van der Waals surface area contributed by atoms with Gasteiger partial charge in [0.25, 0.3) is 0 Å². The molecule has 6 nitrogen and oxygen atoms in total. The maximum absolute atomic E-state index is 8.39. The van der Waals surface area contributed by atoms with Crippen molar-refractivity contribution in [3.05, 3.63) is 6.07 Å². The Morgan fingerprint density at radius 3 is 2.93 bits per heavy atom. The van der Waals surface area contributed by atoms with Crippen LogP contribution in [-0.4, -0.2) is 35.4 Å². The van der Waals surface area contributed by atoms with Crippen molar-refractivity contribution in [1.82, 2.24) is 9.97 Å². The molecule has 0 aliphatic carbocycles. The van der Waals surface area contributed by atoms with E-state index in [1.807, 2.05) is 0 Å². The van der Waals surface area contributed by atoms with Crippen LogP contribution >= 0.6 is 0 Å². The molecular weight excluding hydrogens is 198 g/mol. The first-order valence-corrected chi connectivity index (χ1v) is 4.14. The quantitative estimate of drug-likeness (QED) is 0.648. The Balaban J connectivity index is 2.64. The molecule has 0 spiro atoms.